The summed E-state index contributed by atoms with van der Waals surface area (Å²) in [6, 6.07) is 27.6. The Bertz CT molecular complexity index is 1260. The highest BCUT2D eigenvalue weighted by atomic mass is 16.5. The van der Waals surface area contributed by atoms with Crippen molar-refractivity contribution in [1.82, 2.24) is 0 Å². The van der Waals surface area contributed by atoms with Crippen molar-refractivity contribution >= 4 is 12.2 Å². The highest BCUT2D eigenvalue weighted by Gasteiger charge is 2.17. The van der Waals surface area contributed by atoms with Gasteiger partial charge in [-0.2, -0.15) is 0 Å². The maximum Gasteiger partial charge on any atom is 0.133 e. The summed E-state index contributed by atoms with van der Waals surface area (Å²) in [6.07, 6.45) is 2.16. The fourth-order valence-electron chi connectivity index (χ4n) is 4.27. The van der Waals surface area contributed by atoms with Crippen LogP contribution in [0.1, 0.15) is 48.3 Å². The Kier molecular flexibility index (Phi) is 7.31. The predicted molar refractivity (Wildman–Crippen MR) is 145 cm³/mol. The summed E-state index contributed by atoms with van der Waals surface area (Å²) in [6.45, 7) is 11.3. The lowest BCUT2D eigenvalue weighted by Crippen LogP contribution is -2.01. The van der Waals surface area contributed by atoms with Gasteiger partial charge < -0.3 is 14.9 Å². The molecule has 0 aliphatic carbocycles. The van der Waals surface area contributed by atoms with Gasteiger partial charge in [-0.15, -0.1) is 0 Å². The molecule has 4 rings (SSSR count). The van der Waals surface area contributed by atoms with Crippen molar-refractivity contribution in [1.29, 1.82) is 0 Å². The molecule has 3 heteroatoms. The van der Waals surface area contributed by atoms with E-state index in [1.807, 2.05) is 97.1 Å². The molecule has 0 aliphatic heterocycles. The fraction of sp³-hybridized carbons (Fsp3) is 0.125. The molecular weight excluding hydrogens is 432 g/mol. The number of aliphatic hydroxyl groups is 2. The van der Waals surface area contributed by atoms with Gasteiger partial charge in [0.1, 0.15) is 11.5 Å². The van der Waals surface area contributed by atoms with E-state index in [2.05, 4.69) is 13.2 Å². The highest BCUT2D eigenvalue weighted by molar-refractivity contribution is 5.77. The van der Waals surface area contributed by atoms with E-state index < -0.39 is 12.2 Å². The second-order valence-corrected chi connectivity index (χ2v) is 8.54. The first-order chi connectivity index (χ1) is 16.9. The predicted octanol–water partition coefficient (Wildman–Crippen LogP) is 8.21. The van der Waals surface area contributed by atoms with Gasteiger partial charge in [0.25, 0.3) is 0 Å². The van der Waals surface area contributed by atoms with Crippen molar-refractivity contribution < 1.29 is 14.9 Å². The number of hydrogen-bond acceptors (Lipinski definition) is 3. The van der Waals surface area contributed by atoms with Crippen molar-refractivity contribution in [2.24, 2.45) is 0 Å². The van der Waals surface area contributed by atoms with E-state index in [1.165, 1.54) is 0 Å². The average molecular weight is 463 g/mol. The number of ether oxygens (including phenoxy) is 1. The largest absolute Gasteiger partial charge is 0.457 e. The highest BCUT2D eigenvalue weighted by Crippen LogP contribution is 2.39. The van der Waals surface area contributed by atoms with Crippen LogP contribution in [0.3, 0.4) is 0 Å². The smallest absolute Gasteiger partial charge is 0.133 e. The second-order valence-electron chi connectivity index (χ2n) is 8.54. The van der Waals surface area contributed by atoms with Gasteiger partial charge in [0.2, 0.25) is 0 Å². The summed E-state index contributed by atoms with van der Waals surface area (Å²) in [7, 11) is 0. The Morgan fingerprint density at radius 3 is 1.40 bits per heavy atom. The maximum atomic E-state index is 10.6. The van der Waals surface area contributed by atoms with Crippen molar-refractivity contribution in [3.8, 4) is 33.8 Å². The second kappa shape index (κ2) is 10.6. The molecule has 2 N–H and O–H groups in total. The van der Waals surface area contributed by atoms with Gasteiger partial charge in [-0.05, 0) is 71.5 Å². The molecule has 4 aromatic rings. The summed E-state index contributed by atoms with van der Waals surface area (Å²) in [5, 5.41) is 21.1. The molecule has 0 fully saturated rings. The van der Waals surface area contributed by atoms with Crippen LogP contribution in [0.25, 0.3) is 34.4 Å². The Labute approximate surface area is 207 Å². The Morgan fingerprint density at radius 2 is 1.03 bits per heavy atom. The summed E-state index contributed by atoms with van der Waals surface area (Å²) in [5.41, 5.74) is 7.37. The Morgan fingerprint density at radius 1 is 0.629 bits per heavy atom. The van der Waals surface area contributed by atoms with E-state index in [0.717, 1.165) is 33.4 Å². The van der Waals surface area contributed by atoms with Crippen LogP contribution in [0.15, 0.2) is 98.1 Å². The van der Waals surface area contributed by atoms with Gasteiger partial charge in [0, 0.05) is 11.1 Å². The van der Waals surface area contributed by atoms with Crippen LogP contribution < -0.4 is 4.74 Å². The SMILES string of the molecule is C=Cc1ccccc1-c1ccc(Oc2ccc(-c3ccccc3C=C)cc2C(C)O)c(C(C)O)c1. The van der Waals surface area contributed by atoms with E-state index in [1.54, 1.807) is 13.8 Å². The number of hydrogen-bond donors (Lipinski definition) is 2. The van der Waals surface area contributed by atoms with Crippen molar-refractivity contribution in [3.05, 3.63) is 120 Å². The standard InChI is InChI=1S/C32H30O3/c1-5-23-11-7-9-13-27(23)25-15-17-31(29(19-25)21(3)33)35-32-18-16-26(20-30(32)22(4)34)28-14-10-8-12-24(28)6-2/h5-22,33-34H,1-2H2,3-4H3. The Balaban J connectivity index is 1.75. The molecule has 4 aromatic carbocycles. The maximum absolute atomic E-state index is 10.6. The fourth-order valence-corrected chi connectivity index (χ4v) is 4.27. The van der Waals surface area contributed by atoms with Gasteiger partial charge in [0.15, 0.2) is 0 Å². The van der Waals surface area contributed by atoms with Crippen LogP contribution in [-0.2, 0) is 0 Å². The van der Waals surface area contributed by atoms with Crippen molar-refractivity contribution in [2.75, 3.05) is 0 Å². The lowest BCUT2D eigenvalue weighted by molar-refractivity contribution is 0.191. The zero-order chi connectivity index (χ0) is 24.9. The molecule has 0 radical (unpaired) electrons. The summed E-state index contributed by atoms with van der Waals surface area (Å²) in [4.78, 5) is 0. The van der Waals surface area contributed by atoms with E-state index in [0.29, 0.717) is 22.6 Å². The zero-order valence-corrected chi connectivity index (χ0v) is 20.1. The molecule has 0 saturated heterocycles. The van der Waals surface area contributed by atoms with E-state index in [4.69, 9.17) is 4.74 Å². The monoisotopic (exact) mass is 462 g/mol. The van der Waals surface area contributed by atoms with Gasteiger partial charge in [-0.1, -0.05) is 86.0 Å². The molecule has 2 atom stereocenters. The molecule has 0 aromatic heterocycles. The van der Waals surface area contributed by atoms with Crippen LogP contribution in [0, 0.1) is 0 Å². The first kappa shape index (κ1) is 24.2. The van der Waals surface area contributed by atoms with Crippen LogP contribution in [-0.4, -0.2) is 10.2 Å². The lowest BCUT2D eigenvalue weighted by atomic mass is 9.95. The summed E-state index contributed by atoms with van der Waals surface area (Å²) < 4.78 is 6.30. The van der Waals surface area contributed by atoms with Crippen LogP contribution in [0.2, 0.25) is 0 Å². The molecule has 0 aliphatic rings. The number of rotatable bonds is 8. The topological polar surface area (TPSA) is 49.7 Å². The van der Waals surface area contributed by atoms with Crippen LogP contribution >= 0.6 is 0 Å². The van der Waals surface area contributed by atoms with Gasteiger partial charge in [-0.3, -0.25) is 0 Å². The molecule has 0 heterocycles. The Hall–Kier alpha value is -3.92. The zero-order valence-electron chi connectivity index (χ0n) is 20.1. The third-order valence-corrected chi connectivity index (χ3v) is 6.12. The number of aliphatic hydroxyl groups excluding tert-OH is 2. The summed E-state index contributed by atoms with van der Waals surface area (Å²) >= 11 is 0. The van der Waals surface area contributed by atoms with Gasteiger partial charge in [-0.25, -0.2) is 0 Å². The van der Waals surface area contributed by atoms with Crippen molar-refractivity contribution in [2.45, 2.75) is 26.1 Å². The van der Waals surface area contributed by atoms with E-state index in [9.17, 15) is 10.2 Å². The van der Waals surface area contributed by atoms with E-state index >= 15 is 0 Å². The van der Waals surface area contributed by atoms with E-state index in [-0.39, 0.29) is 0 Å². The molecule has 3 nitrogen and oxygen atoms in total. The minimum atomic E-state index is -0.741. The average Bonchev–Trinajstić information content (AvgIpc) is 2.88. The summed E-state index contributed by atoms with van der Waals surface area (Å²) in [5.74, 6) is 1.09. The molecule has 0 saturated carbocycles. The quantitative estimate of drug-likeness (QED) is 0.277. The molecule has 176 valence electrons. The normalized spacial score (nSPS) is 12.6. The molecule has 35 heavy (non-hydrogen) atoms. The van der Waals surface area contributed by atoms with Crippen molar-refractivity contribution in [3.63, 3.8) is 0 Å². The van der Waals surface area contributed by atoms with Crippen LogP contribution in [0.5, 0.6) is 11.5 Å². The van der Waals surface area contributed by atoms with Gasteiger partial charge >= 0.3 is 0 Å². The van der Waals surface area contributed by atoms with Gasteiger partial charge in [0.05, 0.1) is 12.2 Å². The first-order valence-electron chi connectivity index (χ1n) is 11.7. The first-order valence-corrected chi connectivity index (χ1v) is 11.7. The molecule has 2 unspecified atom stereocenters. The minimum absolute atomic E-state index is 0.543. The third kappa shape index (κ3) is 5.12. The minimum Gasteiger partial charge on any atom is -0.457 e. The molecular formula is C32H30O3. The lowest BCUT2D eigenvalue weighted by Gasteiger charge is -2.19. The van der Waals surface area contributed by atoms with Crippen LogP contribution in [0.4, 0.5) is 0 Å². The number of benzene rings is 4. The molecule has 0 bridgehead atoms. The molecule has 0 spiro atoms. The third-order valence-electron chi connectivity index (χ3n) is 6.12. The molecule has 0 amide bonds.